The molecule has 1 unspecified atom stereocenters. The van der Waals surface area contributed by atoms with Gasteiger partial charge in [-0.15, -0.1) is 0 Å². The molecule has 2 aromatic rings. The Kier molecular flexibility index (Phi) is 7.01. The number of ether oxygens (including phenoxy) is 4. The summed E-state index contributed by atoms with van der Waals surface area (Å²) < 4.78 is 38.9. The second-order valence-electron chi connectivity index (χ2n) is 9.16. The lowest BCUT2D eigenvalue weighted by atomic mass is 9.78. The number of halogens is 1. The third-order valence-corrected chi connectivity index (χ3v) is 6.30. The van der Waals surface area contributed by atoms with Crippen LogP contribution < -0.4 is 5.32 Å². The Labute approximate surface area is 198 Å². The van der Waals surface area contributed by atoms with E-state index in [-0.39, 0.29) is 38.1 Å². The van der Waals surface area contributed by atoms with Gasteiger partial charge in [0.15, 0.2) is 11.4 Å². The molecule has 2 aliphatic rings. The van der Waals surface area contributed by atoms with Gasteiger partial charge in [-0.1, -0.05) is 30.3 Å². The minimum Gasteiger partial charge on any atom is -0.371 e. The Balaban J connectivity index is 1.57. The summed E-state index contributed by atoms with van der Waals surface area (Å²) in [6, 6.07) is 15.5. The van der Waals surface area contributed by atoms with Crippen molar-refractivity contribution in [2.24, 2.45) is 0 Å². The number of nitrogens with zero attached hydrogens (tertiary/aromatic N) is 1. The molecule has 1 saturated carbocycles. The first-order valence-electron chi connectivity index (χ1n) is 11.3. The van der Waals surface area contributed by atoms with Gasteiger partial charge >= 0.3 is 0 Å². The molecule has 1 aliphatic heterocycles. The van der Waals surface area contributed by atoms with Gasteiger partial charge in [0.1, 0.15) is 11.9 Å². The van der Waals surface area contributed by atoms with Crippen molar-refractivity contribution in [3.05, 3.63) is 71.0 Å². The van der Waals surface area contributed by atoms with Gasteiger partial charge in [0.2, 0.25) is 0 Å². The van der Waals surface area contributed by atoms with Gasteiger partial charge in [0.05, 0.1) is 37.1 Å². The number of carbonyl (C=O) groups excluding carboxylic acids is 1. The molecule has 1 saturated heterocycles. The smallest absolute Gasteiger partial charge is 0.252 e. The standard InChI is InChI=1S/C26H29FN2O5/c1-25(2)33-22-13-26(24(30)29-3,32-16-19-6-4-5-7-20(19)27)12-21(23(22)34-25)31-15-18-10-8-17(14-28)9-11-18/h4-11,21-23H,12-13,15-16H2,1-3H3,(H,29,30)/t21?,22-,23+,26-/m1/s1. The number of amides is 1. The molecular formula is C26H29FN2O5. The summed E-state index contributed by atoms with van der Waals surface area (Å²) in [6.07, 6.45) is -0.853. The molecule has 2 fully saturated rings. The van der Waals surface area contributed by atoms with Crippen molar-refractivity contribution >= 4 is 5.91 Å². The lowest BCUT2D eigenvalue weighted by Gasteiger charge is -2.43. The van der Waals surface area contributed by atoms with Crippen LogP contribution in [0.4, 0.5) is 4.39 Å². The molecule has 1 aliphatic carbocycles. The molecule has 7 nitrogen and oxygen atoms in total. The van der Waals surface area contributed by atoms with E-state index in [9.17, 15) is 9.18 Å². The molecule has 0 spiro atoms. The first kappa shape index (κ1) is 24.3. The quantitative estimate of drug-likeness (QED) is 0.668. The molecule has 4 rings (SSSR count). The average molecular weight is 469 g/mol. The van der Waals surface area contributed by atoms with E-state index in [1.54, 1.807) is 37.4 Å². The van der Waals surface area contributed by atoms with Gasteiger partial charge in [-0.05, 0) is 37.6 Å². The maximum atomic E-state index is 14.2. The van der Waals surface area contributed by atoms with E-state index in [1.165, 1.54) is 6.07 Å². The van der Waals surface area contributed by atoms with Crippen molar-refractivity contribution in [1.29, 1.82) is 5.26 Å². The van der Waals surface area contributed by atoms with Crippen LogP contribution in [0, 0.1) is 17.1 Å². The van der Waals surface area contributed by atoms with E-state index in [1.807, 2.05) is 26.0 Å². The fraction of sp³-hybridized carbons (Fsp3) is 0.462. The van der Waals surface area contributed by atoms with E-state index < -0.39 is 29.4 Å². The molecule has 8 heteroatoms. The van der Waals surface area contributed by atoms with E-state index >= 15 is 0 Å². The van der Waals surface area contributed by atoms with Gasteiger partial charge in [0, 0.05) is 25.5 Å². The van der Waals surface area contributed by atoms with Crippen LogP contribution in [0.25, 0.3) is 0 Å². The second kappa shape index (κ2) is 9.80. The third-order valence-electron chi connectivity index (χ3n) is 6.30. The van der Waals surface area contributed by atoms with Gasteiger partial charge < -0.3 is 24.3 Å². The number of hydrogen-bond donors (Lipinski definition) is 1. The van der Waals surface area contributed by atoms with Crippen LogP contribution in [-0.2, 0) is 37.0 Å². The maximum absolute atomic E-state index is 14.2. The van der Waals surface area contributed by atoms with Gasteiger partial charge in [-0.2, -0.15) is 5.26 Å². The Bertz CT molecular complexity index is 1070. The first-order valence-corrected chi connectivity index (χ1v) is 11.3. The minimum absolute atomic E-state index is 0.0654. The predicted molar refractivity (Wildman–Crippen MR) is 121 cm³/mol. The summed E-state index contributed by atoms with van der Waals surface area (Å²) in [5.41, 5.74) is 0.539. The number of hydrogen-bond acceptors (Lipinski definition) is 6. The molecule has 0 aromatic heterocycles. The first-order chi connectivity index (χ1) is 16.2. The van der Waals surface area contributed by atoms with Crippen LogP contribution in [0.15, 0.2) is 48.5 Å². The summed E-state index contributed by atoms with van der Waals surface area (Å²) in [4.78, 5) is 13.1. The Morgan fingerprint density at radius 3 is 2.56 bits per heavy atom. The highest BCUT2D eigenvalue weighted by Crippen LogP contribution is 2.44. The molecule has 0 bridgehead atoms. The van der Waals surface area contributed by atoms with Crippen LogP contribution in [-0.4, -0.2) is 42.7 Å². The highest BCUT2D eigenvalue weighted by Gasteiger charge is 2.57. The molecule has 4 atom stereocenters. The van der Waals surface area contributed by atoms with Crippen LogP contribution >= 0.6 is 0 Å². The topological polar surface area (TPSA) is 89.8 Å². The number of carbonyl (C=O) groups is 1. The Morgan fingerprint density at radius 1 is 1.15 bits per heavy atom. The summed E-state index contributed by atoms with van der Waals surface area (Å²) in [7, 11) is 1.55. The van der Waals surface area contributed by atoms with Crippen LogP contribution in [0.2, 0.25) is 0 Å². The molecule has 0 radical (unpaired) electrons. The number of rotatable bonds is 7. The molecule has 34 heavy (non-hydrogen) atoms. The predicted octanol–water partition coefficient (Wildman–Crippen LogP) is 3.60. The van der Waals surface area contributed by atoms with E-state index in [4.69, 9.17) is 24.2 Å². The van der Waals surface area contributed by atoms with Crippen molar-refractivity contribution in [2.45, 2.75) is 69.6 Å². The largest absolute Gasteiger partial charge is 0.371 e. The Morgan fingerprint density at radius 2 is 1.88 bits per heavy atom. The van der Waals surface area contributed by atoms with Crippen molar-refractivity contribution in [1.82, 2.24) is 5.32 Å². The summed E-state index contributed by atoms with van der Waals surface area (Å²) >= 11 is 0. The zero-order chi connectivity index (χ0) is 24.3. The SMILES string of the molecule is CNC(=O)[C@@]1(OCc2ccccc2F)CC(OCc2ccc(C#N)cc2)[C@@H]2OC(C)(C)O[C@@H]2C1. The minimum atomic E-state index is -1.28. The monoisotopic (exact) mass is 468 g/mol. The summed E-state index contributed by atoms with van der Waals surface area (Å²) in [5, 5.41) is 11.7. The fourth-order valence-corrected chi connectivity index (χ4v) is 4.65. The van der Waals surface area contributed by atoms with Gasteiger partial charge in [0.25, 0.3) is 5.91 Å². The van der Waals surface area contributed by atoms with Crippen molar-refractivity contribution < 1.29 is 28.1 Å². The van der Waals surface area contributed by atoms with Gasteiger partial charge in [-0.25, -0.2) is 4.39 Å². The molecule has 1 N–H and O–H groups in total. The Hall–Kier alpha value is -2.83. The normalized spacial score (nSPS) is 27.6. The number of fused-ring (bicyclic) bond motifs is 1. The summed E-state index contributed by atoms with van der Waals surface area (Å²) in [5.74, 6) is -1.55. The number of nitrogens with one attached hydrogen (secondary N) is 1. The van der Waals surface area contributed by atoms with Crippen LogP contribution in [0.5, 0.6) is 0 Å². The van der Waals surface area contributed by atoms with Crippen molar-refractivity contribution in [2.75, 3.05) is 7.05 Å². The van der Waals surface area contributed by atoms with E-state index in [2.05, 4.69) is 11.4 Å². The highest BCUT2D eigenvalue weighted by atomic mass is 19.1. The van der Waals surface area contributed by atoms with Crippen LogP contribution in [0.1, 0.15) is 43.4 Å². The number of nitriles is 1. The second-order valence-corrected chi connectivity index (χ2v) is 9.16. The van der Waals surface area contributed by atoms with E-state index in [0.29, 0.717) is 11.1 Å². The van der Waals surface area contributed by atoms with Gasteiger partial charge in [-0.3, -0.25) is 4.79 Å². The zero-order valence-electron chi connectivity index (χ0n) is 19.5. The lowest BCUT2D eigenvalue weighted by Crippen LogP contribution is -2.59. The molecule has 180 valence electrons. The third kappa shape index (κ3) is 5.13. The lowest BCUT2D eigenvalue weighted by molar-refractivity contribution is -0.183. The van der Waals surface area contributed by atoms with Crippen molar-refractivity contribution in [3.8, 4) is 6.07 Å². The van der Waals surface area contributed by atoms with Crippen LogP contribution in [0.3, 0.4) is 0 Å². The van der Waals surface area contributed by atoms with E-state index in [0.717, 1.165) is 5.56 Å². The fourth-order valence-electron chi connectivity index (χ4n) is 4.65. The molecular weight excluding hydrogens is 439 g/mol. The molecule has 1 heterocycles. The molecule has 2 aromatic carbocycles. The zero-order valence-corrected chi connectivity index (χ0v) is 19.5. The maximum Gasteiger partial charge on any atom is 0.252 e. The average Bonchev–Trinajstić information content (AvgIpc) is 3.15. The number of benzene rings is 2. The number of likely N-dealkylation sites (N-methyl/N-ethyl adjacent to an activating group) is 1. The molecule has 1 amide bonds. The highest BCUT2D eigenvalue weighted by molar-refractivity contribution is 5.85. The van der Waals surface area contributed by atoms with Crippen molar-refractivity contribution in [3.63, 3.8) is 0 Å². The summed E-state index contributed by atoms with van der Waals surface area (Å²) in [6.45, 7) is 3.85.